The summed E-state index contributed by atoms with van der Waals surface area (Å²) in [5.74, 6) is -1.48. The average molecular weight is 510 g/mol. The van der Waals surface area contributed by atoms with Crippen molar-refractivity contribution in [3.8, 4) is 0 Å². The van der Waals surface area contributed by atoms with Crippen molar-refractivity contribution in [2.24, 2.45) is 5.92 Å². The van der Waals surface area contributed by atoms with Crippen LogP contribution in [0.25, 0.3) is 0 Å². The van der Waals surface area contributed by atoms with Crippen molar-refractivity contribution >= 4 is 43.0 Å². The van der Waals surface area contributed by atoms with Crippen molar-refractivity contribution in [1.82, 2.24) is 0 Å². The van der Waals surface area contributed by atoms with Crippen LogP contribution in [-0.2, 0) is 23.8 Å². The molecule has 0 unspecified atom stereocenters. The zero-order valence-electron chi connectivity index (χ0n) is 18.0. The Morgan fingerprint density at radius 2 is 1.71 bits per heavy atom. The van der Waals surface area contributed by atoms with Gasteiger partial charge in [0.25, 0.3) is 0 Å². The van der Waals surface area contributed by atoms with E-state index in [4.69, 9.17) is 21.1 Å². The summed E-state index contributed by atoms with van der Waals surface area (Å²) in [6, 6.07) is 17.1. The Morgan fingerprint density at radius 3 is 2.29 bits per heavy atom. The van der Waals surface area contributed by atoms with Crippen LogP contribution >= 0.6 is 11.6 Å². The van der Waals surface area contributed by atoms with Crippen LogP contribution < -0.4 is 4.46 Å². The van der Waals surface area contributed by atoms with E-state index in [0.717, 1.165) is 5.56 Å². The van der Waals surface area contributed by atoms with E-state index in [1.807, 2.05) is 63.2 Å². The Labute approximate surface area is 194 Å². The van der Waals surface area contributed by atoms with Gasteiger partial charge in [0.05, 0.1) is 0 Å². The number of halogens is 1. The number of methoxy groups -OCH3 is 1. The summed E-state index contributed by atoms with van der Waals surface area (Å²) in [6.45, 7) is 5.50. The van der Waals surface area contributed by atoms with Crippen molar-refractivity contribution in [3.05, 3.63) is 77.5 Å². The fourth-order valence-corrected chi connectivity index (χ4v) is 4.96. The van der Waals surface area contributed by atoms with E-state index in [1.165, 1.54) is 23.9 Å². The molecule has 2 aromatic rings. The summed E-state index contributed by atoms with van der Waals surface area (Å²) in [5, 5.41) is 1.14. The van der Waals surface area contributed by atoms with E-state index in [1.54, 1.807) is 12.1 Å². The number of hydrogen-bond acceptors (Lipinski definition) is 5. The number of rotatable bonds is 9. The number of esters is 2. The number of ether oxygens (including phenoxy) is 3. The molecule has 0 aliphatic heterocycles. The number of benzene rings is 2. The molecule has 0 saturated carbocycles. The van der Waals surface area contributed by atoms with Gasteiger partial charge in [0.15, 0.2) is 0 Å². The molecular formula is C24H27ClO5Se. The second-order valence-corrected chi connectivity index (χ2v) is 10.4. The molecule has 0 spiro atoms. The van der Waals surface area contributed by atoms with Crippen LogP contribution in [0.15, 0.2) is 66.9 Å². The van der Waals surface area contributed by atoms with Crippen LogP contribution in [0.3, 0.4) is 0 Å². The Balaban J connectivity index is 2.36. The van der Waals surface area contributed by atoms with E-state index in [9.17, 15) is 9.59 Å². The second-order valence-electron chi connectivity index (χ2n) is 7.70. The molecule has 0 amide bonds. The first-order chi connectivity index (χ1) is 14.7. The number of hydrogen-bond donors (Lipinski definition) is 0. The molecule has 0 saturated heterocycles. The van der Waals surface area contributed by atoms with Gasteiger partial charge in [-0.05, 0) is 0 Å². The number of carbonyl (C=O) groups excluding carboxylic acids is 2. The first-order valence-electron chi connectivity index (χ1n) is 9.76. The molecule has 5 nitrogen and oxygen atoms in total. The zero-order valence-corrected chi connectivity index (χ0v) is 20.5. The molecule has 31 heavy (non-hydrogen) atoms. The molecule has 0 radical (unpaired) electrons. The third kappa shape index (κ3) is 8.78. The SMILES string of the molecule is COC(=O)/C=C/O[C@@H](c1ccc(Cl)cc1)[C@@H](C[Se]c1ccccc1)C(=O)OC(C)(C)C. The molecule has 2 atom stereocenters. The van der Waals surface area contributed by atoms with Gasteiger partial charge in [-0.3, -0.25) is 0 Å². The third-order valence-electron chi connectivity index (χ3n) is 4.08. The quantitative estimate of drug-likeness (QED) is 0.216. The average Bonchev–Trinajstić information content (AvgIpc) is 2.72. The summed E-state index contributed by atoms with van der Waals surface area (Å²) in [6.07, 6.45) is 1.79. The standard InChI is InChI=1S/C24H27ClO5Se/c1-24(2,3)30-23(27)20(16-31-19-8-6-5-7-9-19)22(29-15-14-21(26)28-4)17-10-12-18(25)13-11-17/h5-15,20,22H,16H2,1-4H3/b15-14+/t20-,22+/m1/s1. The van der Waals surface area contributed by atoms with Crippen LogP contribution in [0.4, 0.5) is 0 Å². The molecule has 2 aromatic carbocycles. The predicted molar refractivity (Wildman–Crippen MR) is 122 cm³/mol. The zero-order chi connectivity index (χ0) is 22.9. The minimum absolute atomic E-state index is 0.0168. The molecule has 2 rings (SSSR count). The van der Waals surface area contributed by atoms with Crippen molar-refractivity contribution in [3.63, 3.8) is 0 Å². The molecule has 0 N–H and O–H groups in total. The Morgan fingerprint density at radius 1 is 1.06 bits per heavy atom. The monoisotopic (exact) mass is 510 g/mol. The van der Waals surface area contributed by atoms with Crippen LogP contribution in [0.2, 0.25) is 10.3 Å². The first kappa shape index (κ1) is 25.0. The Kier molecular flexibility index (Phi) is 9.63. The maximum atomic E-state index is 13.2. The summed E-state index contributed by atoms with van der Waals surface area (Å²) in [5.41, 5.74) is 0.125. The molecule has 166 valence electrons. The van der Waals surface area contributed by atoms with Gasteiger partial charge in [0.1, 0.15) is 0 Å². The second kappa shape index (κ2) is 11.9. The normalized spacial score (nSPS) is 13.5. The predicted octanol–water partition coefficient (Wildman–Crippen LogP) is 4.49. The van der Waals surface area contributed by atoms with Crippen molar-refractivity contribution < 1.29 is 23.8 Å². The van der Waals surface area contributed by atoms with Gasteiger partial charge in [-0.15, -0.1) is 0 Å². The van der Waals surface area contributed by atoms with Gasteiger partial charge < -0.3 is 0 Å². The van der Waals surface area contributed by atoms with Crippen molar-refractivity contribution in [2.75, 3.05) is 7.11 Å². The molecule has 0 aliphatic carbocycles. The topological polar surface area (TPSA) is 61.8 Å². The molecule has 7 heteroatoms. The summed E-state index contributed by atoms with van der Waals surface area (Å²) in [4.78, 5) is 24.7. The van der Waals surface area contributed by atoms with Crippen molar-refractivity contribution in [1.29, 1.82) is 0 Å². The van der Waals surface area contributed by atoms with Gasteiger partial charge in [-0.1, -0.05) is 0 Å². The van der Waals surface area contributed by atoms with E-state index < -0.39 is 23.6 Å². The molecule has 0 aliphatic rings. The van der Waals surface area contributed by atoms with Gasteiger partial charge in [-0.2, -0.15) is 0 Å². The van der Waals surface area contributed by atoms with E-state index in [2.05, 4.69) is 4.74 Å². The van der Waals surface area contributed by atoms with Gasteiger partial charge in [-0.25, -0.2) is 0 Å². The molecular weight excluding hydrogens is 483 g/mol. The molecule has 0 fully saturated rings. The summed E-state index contributed by atoms with van der Waals surface area (Å²) in [7, 11) is 1.29. The van der Waals surface area contributed by atoms with Crippen LogP contribution in [-0.4, -0.2) is 39.6 Å². The van der Waals surface area contributed by atoms with Crippen LogP contribution in [0.5, 0.6) is 0 Å². The van der Waals surface area contributed by atoms with Gasteiger partial charge >= 0.3 is 195 Å². The van der Waals surface area contributed by atoms with E-state index in [-0.39, 0.29) is 20.9 Å². The fraction of sp³-hybridized carbons (Fsp3) is 0.333. The molecule has 0 aromatic heterocycles. The Bertz CT molecular complexity index is 875. The van der Waals surface area contributed by atoms with Gasteiger partial charge in [0, 0.05) is 0 Å². The van der Waals surface area contributed by atoms with Crippen LogP contribution in [0.1, 0.15) is 32.4 Å². The van der Waals surface area contributed by atoms with Crippen LogP contribution in [0, 0.1) is 5.92 Å². The van der Waals surface area contributed by atoms with E-state index >= 15 is 0 Å². The van der Waals surface area contributed by atoms with Crippen molar-refractivity contribution in [2.45, 2.75) is 37.8 Å². The molecule has 0 heterocycles. The Hall–Kier alpha value is -2.27. The summed E-state index contributed by atoms with van der Waals surface area (Å²) >= 11 is 6.06. The fourth-order valence-electron chi connectivity index (χ4n) is 2.66. The molecule has 0 bridgehead atoms. The van der Waals surface area contributed by atoms with E-state index in [0.29, 0.717) is 10.3 Å². The summed E-state index contributed by atoms with van der Waals surface area (Å²) < 4.78 is 17.4. The minimum atomic E-state index is -0.654. The first-order valence-corrected chi connectivity index (χ1v) is 12.2. The van der Waals surface area contributed by atoms with Gasteiger partial charge in [0.2, 0.25) is 0 Å². The number of carbonyl (C=O) groups is 2. The third-order valence-corrected chi connectivity index (χ3v) is 6.70. The maximum absolute atomic E-state index is 13.2.